The quantitative estimate of drug-likeness (QED) is 0.675. The minimum absolute atomic E-state index is 0.00903. The van der Waals surface area contributed by atoms with Crippen LogP contribution in [0.1, 0.15) is 45.9 Å². The molecule has 152 valence electrons. The Morgan fingerprint density at radius 3 is 2.67 bits per heavy atom. The summed E-state index contributed by atoms with van der Waals surface area (Å²) < 4.78 is 7.21. The molecule has 0 saturated heterocycles. The Balaban J connectivity index is 1.85. The third-order valence-electron chi connectivity index (χ3n) is 4.72. The number of aryl methyl sites for hydroxylation is 1. The molecule has 3 atom stereocenters. The van der Waals surface area contributed by atoms with E-state index in [2.05, 4.69) is 26.0 Å². The molecule has 0 aromatic carbocycles. The maximum absolute atomic E-state index is 12.5. The molecule has 9 nitrogen and oxygen atoms in total. The van der Waals surface area contributed by atoms with Gasteiger partial charge in [-0.15, -0.1) is 0 Å². The van der Waals surface area contributed by atoms with Gasteiger partial charge in [-0.1, -0.05) is 0 Å². The lowest BCUT2D eigenvalue weighted by Gasteiger charge is -2.35. The van der Waals surface area contributed by atoms with Crippen molar-refractivity contribution in [3.8, 4) is 0 Å². The van der Waals surface area contributed by atoms with Crippen molar-refractivity contribution in [3.05, 3.63) is 12.2 Å². The number of ether oxygens (including phenoxy) is 1. The largest absolute Gasteiger partial charge is 0.379 e. The van der Waals surface area contributed by atoms with E-state index in [1.54, 1.807) is 11.8 Å². The van der Waals surface area contributed by atoms with Gasteiger partial charge in [0.15, 0.2) is 0 Å². The number of hydrogen-bond acceptors (Lipinski definition) is 5. The van der Waals surface area contributed by atoms with E-state index >= 15 is 0 Å². The second kappa shape index (κ2) is 9.16. The van der Waals surface area contributed by atoms with E-state index in [0.29, 0.717) is 19.4 Å². The van der Waals surface area contributed by atoms with Crippen molar-refractivity contribution >= 4 is 11.9 Å². The van der Waals surface area contributed by atoms with Gasteiger partial charge in [-0.3, -0.25) is 9.48 Å². The van der Waals surface area contributed by atoms with Crippen molar-refractivity contribution in [3.63, 3.8) is 0 Å². The predicted octanol–water partition coefficient (Wildman–Crippen LogP) is 0.755. The van der Waals surface area contributed by atoms with Crippen LogP contribution in [-0.2, 0) is 23.0 Å². The molecule has 3 N–H and O–H groups in total. The molecule has 27 heavy (non-hydrogen) atoms. The van der Waals surface area contributed by atoms with Gasteiger partial charge in [-0.2, -0.15) is 5.10 Å². The summed E-state index contributed by atoms with van der Waals surface area (Å²) in [6.07, 6.45) is 4.09. The number of carbonyl (C=O) groups excluding carboxylic acids is 2. The van der Waals surface area contributed by atoms with Gasteiger partial charge >= 0.3 is 6.03 Å². The number of urea groups is 1. The van der Waals surface area contributed by atoms with Crippen molar-refractivity contribution < 1.29 is 14.3 Å². The van der Waals surface area contributed by atoms with Gasteiger partial charge in [0.2, 0.25) is 5.91 Å². The normalized spacial score (nSPS) is 22.9. The van der Waals surface area contributed by atoms with Gasteiger partial charge in [0, 0.05) is 38.6 Å². The van der Waals surface area contributed by atoms with E-state index in [9.17, 15) is 9.59 Å². The fraction of sp³-hybridized carbons (Fsp3) is 0.778. The van der Waals surface area contributed by atoms with Crippen molar-refractivity contribution in [2.24, 2.45) is 13.0 Å². The summed E-state index contributed by atoms with van der Waals surface area (Å²) in [5.41, 5.74) is -0.321. The number of methoxy groups -OCH3 is 1. The van der Waals surface area contributed by atoms with Crippen LogP contribution in [0.5, 0.6) is 0 Å². The van der Waals surface area contributed by atoms with Crippen LogP contribution in [0, 0.1) is 5.92 Å². The van der Waals surface area contributed by atoms with Crippen LogP contribution in [0.3, 0.4) is 0 Å². The van der Waals surface area contributed by atoms with Crippen LogP contribution < -0.4 is 16.0 Å². The first-order valence-electron chi connectivity index (χ1n) is 9.41. The van der Waals surface area contributed by atoms with Gasteiger partial charge in [0.05, 0.1) is 12.1 Å². The number of amides is 3. The lowest BCUT2D eigenvalue weighted by Crippen LogP contribution is -2.55. The molecule has 2 rings (SSSR count). The molecule has 1 aromatic rings. The maximum Gasteiger partial charge on any atom is 0.315 e. The van der Waals surface area contributed by atoms with E-state index in [-0.39, 0.29) is 35.5 Å². The van der Waals surface area contributed by atoms with Crippen LogP contribution in [-0.4, -0.2) is 58.0 Å². The van der Waals surface area contributed by atoms with Crippen LogP contribution in [0.15, 0.2) is 6.33 Å². The zero-order valence-electron chi connectivity index (χ0n) is 16.9. The number of aromatic nitrogens is 3. The Morgan fingerprint density at radius 2 is 2.07 bits per heavy atom. The number of carbonyl (C=O) groups is 2. The van der Waals surface area contributed by atoms with Gasteiger partial charge in [-0.25, -0.2) is 9.78 Å². The third kappa shape index (κ3) is 6.50. The second-order valence-corrected chi connectivity index (χ2v) is 8.08. The van der Waals surface area contributed by atoms with E-state index < -0.39 is 0 Å². The molecule has 3 amide bonds. The molecule has 1 aliphatic rings. The Kier molecular flexibility index (Phi) is 7.18. The molecular weight excluding hydrogens is 348 g/mol. The monoisotopic (exact) mass is 380 g/mol. The lowest BCUT2D eigenvalue weighted by molar-refractivity contribution is -0.127. The van der Waals surface area contributed by atoms with E-state index in [4.69, 9.17) is 4.74 Å². The molecule has 1 aliphatic carbocycles. The average Bonchev–Trinajstić information content (AvgIpc) is 2.98. The highest BCUT2D eigenvalue weighted by Crippen LogP contribution is 2.26. The SMILES string of the molecule is CO[C@@H]1CC[C@H](C(=O)NCCc2ncnn2C)C[C@H]1NC(=O)NC(C)(C)C. The molecule has 1 heterocycles. The highest BCUT2D eigenvalue weighted by Gasteiger charge is 2.35. The molecule has 0 bridgehead atoms. The summed E-state index contributed by atoms with van der Waals surface area (Å²) in [7, 11) is 3.47. The zero-order valence-corrected chi connectivity index (χ0v) is 16.9. The summed E-state index contributed by atoms with van der Waals surface area (Å²) in [4.78, 5) is 28.9. The third-order valence-corrected chi connectivity index (χ3v) is 4.72. The molecule has 0 radical (unpaired) electrons. The molecule has 0 aliphatic heterocycles. The summed E-state index contributed by atoms with van der Waals surface area (Å²) in [5, 5.41) is 12.9. The van der Waals surface area contributed by atoms with Gasteiger partial charge in [0.1, 0.15) is 12.2 Å². The first-order chi connectivity index (χ1) is 12.7. The van der Waals surface area contributed by atoms with Crippen LogP contribution in [0.2, 0.25) is 0 Å². The number of hydrogen-bond donors (Lipinski definition) is 3. The van der Waals surface area contributed by atoms with E-state index in [0.717, 1.165) is 18.7 Å². The summed E-state index contributed by atoms with van der Waals surface area (Å²) in [6.45, 7) is 6.29. The average molecular weight is 380 g/mol. The number of nitrogens with one attached hydrogen (secondary N) is 3. The summed E-state index contributed by atoms with van der Waals surface area (Å²) in [6, 6.07) is -0.432. The fourth-order valence-corrected chi connectivity index (χ4v) is 3.35. The second-order valence-electron chi connectivity index (χ2n) is 8.08. The topological polar surface area (TPSA) is 110 Å². The smallest absolute Gasteiger partial charge is 0.315 e. The molecule has 0 spiro atoms. The number of rotatable bonds is 6. The van der Waals surface area contributed by atoms with E-state index in [1.807, 2.05) is 27.8 Å². The van der Waals surface area contributed by atoms with Gasteiger partial charge in [-0.05, 0) is 40.0 Å². The summed E-state index contributed by atoms with van der Waals surface area (Å²) in [5.74, 6) is 0.697. The van der Waals surface area contributed by atoms with Crippen molar-refractivity contribution in [2.45, 2.75) is 64.1 Å². The van der Waals surface area contributed by atoms with E-state index in [1.165, 1.54) is 6.33 Å². The molecule has 1 saturated carbocycles. The highest BCUT2D eigenvalue weighted by atomic mass is 16.5. The van der Waals surface area contributed by atoms with Gasteiger partial charge < -0.3 is 20.7 Å². The summed E-state index contributed by atoms with van der Waals surface area (Å²) >= 11 is 0. The first kappa shape index (κ1) is 21.1. The predicted molar refractivity (Wildman–Crippen MR) is 101 cm³/mol. The lowest BCUT2D eigenvalue weighted by atomic mass is 9.83. The minimum atomic E-state index is -0.321. The molecule has 1 aromatic heterocycles. The highest BCUT2D eigenvalue weighted by molar-refractivity contribution is 5.79. The van der Waals surface area contributed by atoms with Crippen LogP contribution in [0.4, 0.5) is 4.79 Å². The maximum atomic E-state index is 12.5. The van der Waals surface area contributed by atoms with Crippen molar-refractivity contribution in [1.82, 2.24) is 30.7 Å². The van der Waals surface area contributed by atoms with Crippen molar-refractivity contribution in [2.75, 3.05) is 13.7 Å². The first-order valence-corrected chi connectivity index (χ1v) is 9.41. The Morgan fingerprint density at radius 1 is 1.33 bits per heavy atom. The van der Waals surface area contributed by atoms with Crippen LogP contribution >= 0.6 is 0 Å². The number of nitrogens with zero attached hydrogens (tertiary/aromatic N) is 3. The molecule has 0 unspecified atom stereocenters. The Hall–Kier alpha value is -2.16. The van der Waals surface area contributed by atoms with Crippen molar-refractivity contribution in [1.29, 1.82) is 0 Å². The standard InChI is InChI=1S/C18H32N6O3/c1-18(2,3)23-17(26)22-13-10-12(6-7-14(13)27-5)16(25)19-9-8-15-20-11-21-24(15)4/h11-14H,6-10H2,1-5H3,(H,19,25)(H2,22,23,26)/t12-,13+,14+/m0/s1. The van der Waals surface area contributed by atoms with Crippen LogP contribution in [0.25, 0.3) is 0 Å². The Bertz CT molecular complexity index is 639. The zero-order chi connectivity index (χ0) is 20.0. The minimum Gasteiger partial charge on any atom is -0.379 e. The molecule has 9 heteroatoms. The fourth-order valence-electron chi connectivity index (χ4n) is 3.35. The molecule has 1 fully saturated rings. The molecular formula is C18H32N6O3. The Labute approximate surface area is 160 Å². The van der Waals surface area contributed by atoms with Gasteiger partial charge in [0.25, 0.3) is 0 Å².